The zero-order valence-corrected chi connectivity index (χ0v) is 30.6. The number of rotatable bonds is 38. The van der Waals surface area contributed by atoms with Gasteiger partial charge in [-0.05, 0) is 12.8 Å². The molecule has 44 heavy (non-hydrogen) atoms. The molecule has 0 aromatic rings. The number of hydrogen-bond acceptors (Lipinski definition) is 4. The van der Waals surface area contributed by atoms with Crippen molar-refractivity contribution in [2.45, 2.75) is 219 Å². The summed E-state index contributed by atoms with van der Waals surface area (Å²) in [7, 11) is 0. The number of unbranched alkanes of at least 4 members (excludes halogenated alkanes) is 30. The van der Waals surface area contributed by atoms with E-state index in [1.807, 2.05) is 0 Å². The fraction of sp³-hybridized carbons (Fsp3) is 1.00. The Morgan fingerprint density at radius 3 is 0.614 bits per heavy atom. The number of ether oxygens (including phenoxy) is 2. The van der Waals surface area contributed by atoms with Crippen LogP contribution in [0.4, 0.5) is 0 Å². The highest BCUT2D eigenvalue weighted by molar-refractivity contribution is 4.51. The first-order valence-corrected chi connectivity index (χ1v) is 20.2. The van der Waals surface area contributed by atoms with Gasteiger partial charge in [-0.25, -0.2) is 0 Å². The summed E-state index contributed by atoms with van der Waals surface area (Å²) in [5.41, 5.74) is 0. The lowest BCUT2D eigenvalue weighted by Gasteiger charge is -2.04. The van der Waals surface area contributed by atoms with Crippen LogP contribution in [0.1, 0.15) is 219 Å². The van der Waals surface area contributed by atoms with E-state index >= 15 is 0 Å². The molecule has 4 nitrogen and oxygen atoms in total. The minimum atomic E-state index is 0.152. The summed E-state index contributed by atoms with van der Waals surface area (Å²) in [4.78, 5) is 0. The first kappa shape index (κ1) is 46.0. The highest BCUT2D eigenvalue weighted by Crippen LogP contribution is 2.15. The smallest absolute Gasteiger partial charge is 0.0697 e. The zero-order valence-electron chi connectivity index (χ0n) is 30.6. The number of aliphatic hydroxyl groups excluding tert-OH is 2. The summed E-state index contributed by atoms with van der Waals surface area (Å²) in [6.45, 7) is 7.51. The Hall–Kier alpha value is -0.160. The fourth-order valence-electron chi connectivity index (χ4n) is 5.84. The molecule has 0 saturated carbocycles. The van der Waals surface area contributed by atoms with E-state index in [0.29, 0.717) is 13.2 Å². The second-order valence-corrected chi connectivity index (χ2v) is 13.3. The van der Waals surface area contributed by atoms with Crippen LogP contribution in [0.3, 0.4) is 0 Å². The number of aliphatic hydroxyl groups is 2. The largest absolute Gasteiger partial charge is 0.394 e. The zero-order chi connectivity index (χ0) is 32.3. The van der Waals surface area contributed by atoms with Gasteiger partial charge in [-0.2, -0.15) is 0 Å². The van der Waals surface area contributed by atoms with Crippen LogP contribution < -0.4 is 0 Å². The summed E-state index contributed by atoms with van der Waals surface area (Å²) in [6.07, 6.45) is 44.8. The predicted octanol–water partition coefficient (Wildman–Crippen LogP) is 12.5. The van der Waals surface area contributed by atoms with Crippen molar-refractivity contribution >= 4 is 0 Å². The maximum atomic E-state index is 8.58. The molecular formula is C40H84O4. The van der Waals surface area contributed by atoms with Crippen LogP contribution in [0.5, 0.6) is 0 Å². The van der Waals surface area contributed by atoms with Gasteiger partial charge in [-0.15, -0.1) is 0 Å². The molecule has 268 valence electrons. The van der Waals surface area contributed by atoms with E-state index in [1.165, 1.54) is 193 Å². The molecular weight excluding hydrogens is 544 g/mol. The second kappa shape index (κ2) is 47.2. The normalized spacial score (nSPS) is 11.2. The van der Waals surface area contributed by atoms with Gasteiger partial charge in [-0.3, -0.25) is 0 Å². The molecule has 0 aromatic carbocycles. The van der Waals surface area contributed by atoms with Gasteiger partial charge in [0.2, 0.25) is 0 Å². The minimum Gasteiger partial charge on any atom is -0.394 e. The molecule has 0 rings (SSSR count). The first-order valence-electron chi connectivity index (χ1n) is 20.2. The second-order valence-electron chi connectivity index (χ2n) is 13.3. The van der Waals surface area contributed by atoms with Crippen LogP contribution in [-0.4, -0.2) is 49.9 Å². The Kier molecular flexibility index (Phi) is 49.4. The van der Waals surface area contributed by atoms with Gasteiger partial charge >= 0.3 is 0 Å². The van der Waals surface area contributed by atoms with Gasteiger partial charge in [0.05, 0.1) is 26.4 Å². The van der Waals surface area contributed by atoms with Gasteiger partial charge in [-0.1, -0.05) is 206 Å². The van der Waals surface area contributed by atoms with E-state index in [4.69, 9.17) is 19.7 Å². The fourth-order valence-corrected chi connectivity index (χ4v) is 5.84. The minimum absolute atomic E-state index is 0.152. The third kappa shape index (κ3) is 48.7. The van der Waals surface area contributed by atoms with Gasteiger partial charge < -0.3 is 19.7 Å². The molecule has 0 aliphatic heterocycles. The van der Waals surface area contributed by atoms with Crippen molar-refractivity contribution in [1.82, 2.24) is 0 Å². The van der Waals surface area contributed by atoms with E-state index in [0.717, 1.165) is 26.1 Å². The van der Waals surface area contributed by atoms with Crippen LogP contribution >= 0.6 is 0 Å². The van der Waals surface area contributed by atoms with E-state index in [9.17, 15) is 0 Å². The summed E-state index contributed by atoms with van der Waals surface area (Å²) < 4.78 is 10.5. The summed E-state index contributed by atoms with van der Waals surface area (Å²) in [6, 6.07) is 0. The molecule has 0 spiro atoms. The van der Waals surface area contributed by atoms with Crippen molar-refractivity contribution in [1.29, 1.82) is 0 Å². The van der Waals surface area contributed by atoms with Crippen molar-refractivity contribution < 1.29 is 19.7 Å². The molecule has 2 N–H and O–H groups in total. The van der Waals surface area contributed by atoms with Gasteiger partial charge in [0, 0.05) is 13.2 Å². The Morgan fingerprint density at radius 2 is 0.432 bits per heavy atom. The van der Waals surface area contributed by atoms with Crippen LogP contribution in [0.25, 0.3) is 0 Å². The average molecular weight is 629 g/mol. The third-order valence-corrected chi connectivity index (χ3v) is 8.76. The molecule has 0 aromatic heterocycles. The van der Waals surface area contributed by atoms with E-state index < -0.39 is 0 Å². The topological polar surface area (TPSA) is 58.9 Å². The Bertz CT molecular complexity index is 365. The Morgan fingerprint density at radius 1 is 0.250 bits per heavy atom. The molecule has 0 saturated heterocycles. The van der Waals surface area contributed by atoms with Crippen LogP contribution in [0, 0.1) is 0 Å². The Balaban J connectivity index is 0. The summed E-state index contributed by atoms with van der Waals surface area (Å²) >= 11 is 0. The van der Waals surface area contributed by atoms with Gasteiger partial charge in [0.15, 0.2) is 0 Å². The lowest BCUT2D eigenvalue weighted by molar-refractivity contribution is 0.0895. The molecule has 0 unspecified atom stereocenters. The van der Waals surface area contributed by atoms with Gasteiger partial charge in [0.1, 0.15) is 0 Å². The molecule has 0 fully saturated rings. The van der Waals surface area contributed by atoms with Crippen LogP contribution in [-0.2, 0) is 9.47 Å². The standard InChI is InChI=1S/2C20H42O2/c2*1-2-3-4-5-6-7-8-9-10-11-12-13-14-15-16-17-19-22-20-18-21/h2*21H,2-20H2,1H3. The first-order chi connectivity index (χ1) is 21.8. The molecule has 0 heterocycles. The van der Waals surface area contributed by atoms with E-state index in [-0.39, 0.29) is 13.2 Å². The number of hydrogen-bond donors (Lipinski definition) is 2. The van der Waals surface area contributed by atoms with E-state index in [1.54, 1.807) is 0 Å². The molecule has 0 atom stereocenters. The lowest BCUT2D eigenvalue weighted by Crippen LogP contribution is -2.00. The maximum Gasteiger partial charge on any atom is 0.0697 e. The lowest BCUT2D eigenvalue weighted by atomic mass is 10.0. The Labute approximate surface area is 278 Å². The summed E-state index contributed by atoms with van der Waals surface area (Å²) in [5.74, 6) is 0. The maximum absolute atomic E-state index is 8.58. The summed E-state index contributed by atoms with van der Waals surface area (Å²) in [5, 5.41) is 17.2. The van der Waals surface area contributed by atoms with E-state index in [2.05, 4.69) is 13.8 Å². The van der Waals surface area contributed by atoms with Crippen LogP contribution in [0.15, 0.2) is 0 Å². The molecule has 4 heteroatoms. The average Bonchev–Trinajstić information content (AvgIpc) is 3.04. The van der Waals surface area contributed by atoms with Crippen molar-refractivity contribution in [2.75, 3.05) is 39.6 Å². The third-order valence-electron chi connectivity index (χ3n) is 8.76. The van der Waals surface area contributed by atoms with Crippen LogP contribution in [0.2, 0.25) is 0 Å². The van der Waals surface area contributed by atoms with Crippen molar-refractivity contribution in [2.24, 2.45) is 0 Å². The monoisotopic (exact) mass is 629 g/mol. The highest BCUT2D eigenvalue weighted by Gasteiger charge is 1.96. The highest BCUT2D eigenvalue weighted by atomic mass is 16.5. The molecule has 0 radical (unpaired) electrons. The van der Waals surface area contributed by atoms with Crippen molar-refractivity contribution in [3.63, 3.8) is 0 Å². The predicted molar refractivity (Wildman–Crippen MR) is 195 cm³/mol. The molecule has 0 amide bonds. The quantitative estimate of drug-likeness (QED) is 0.0668. The van der Waals surface area contributed by atoms with Crippen molar-refractivity contribution in [3.05, 3.63) is 0 Å². The SMILES string of the molecule is CCCCCCCCCCCCCCCCCCOCCO.CCCCCCCCCCCCCCCCCCOCCO. The van der Waals surface area contributed by atoms with Gasteiger partial charge in [0.25, 0.3) is 0 Å². The molecule has 0 bridgehead atoms. The van der Waals surface area contributed by atoms with Crippen molar-refractivity contribution in [3.8, 4) is 0 Å². The molecule has 0 aliphatic carbocycles. The molecule has 0 aliphatic rings.